The zero-order valence-electron chi connectivity index (χ0n) is 21.0. The van der Waals surface area contributed by atoms with E-state index in [-0.39, 0.29) is 17.4 Å². The second kappa shape index (κ2) is 13.2. The van der Waals surface area contributed by atoms with Crippen LogP contribution in [-0.2, 0) is 9.73 Å². The van der Waals surface area contributed by atoms with Crippen LogP contribution in [0.5, 0.6) is 0 Å². The van der Waals surface area contributed by atoms with Crippen LogP contribution in [0, 0.1) is 0 Å². The van der Waals surface area contributed by atoms with Gasteiger partial charge in [0.15, 0.2) is 6.17 Å². The van der Waals surface area contributed by atoms with Crippen molar-refractivity contribution in [1.29, 1.82) is 0 Å². The molecule has 0 fully saturated rings. The van der Waals surface area contributed by atoms with Gasteiger partial charge in [-0.3, -0.25) is 19.6 Å². The fourth-order valence-electron chi connectivity index (χ4n) is 3.65. The summed E-state index contributed by atoms with van der Waals surface area (Å²) < 4.78 is 0. The Bertz CT molecular complexity index is 1040. The van der Waals surface area contributed by atoms with Crippen LogP contribution < -0.4 is 22.5 Å². The number of amidine groups is 1. The summed E-state index contributed by atoms with van der Waals surface area (Å²) in [6.45, 7) is 14.3. The number of carbonyl (C=O) groups is 1. The lowest BCUT2D eigenvalue weighted by molar-refractivity contribution is -0.117. The summed E-state index contributed by atoms with van der Waals surface area (Å²) in [5.41, 5.74) is 14.0. The number of rotatable bonds is 6. The average Bonchev–Trinajstić information content (AvgIpc) is 3.36. The third kappa shape index (κ3) is 6.44. The maximum atomic E-state index is 13.0. The number of nitrogens with zero attached hydrogens (tertiary/aromatic N) is 4. The van der Waals surface area contributed by atoms with Crippen molar-refractivity contribution in [3.63, 3.8) is 0 Å². The van der Waals surface area contributed by atoms with Crippen LogP contribution in [0.2, 0.25) is 0 Å². The van der Waals surface area contributed by atoms with E-state index in [1.165, 1.54) is 5.01 Å². The molecule has 0 bridgehead atoms. The molecule has 0 aromatic heterocycles. The van der Waals surface area contributed by atoms with Crippen molar-refractivity contribution in [2.75, 3.05) is 6.54 Å². The third-order valence-corrected chi connectivity index (χ3v) is 5.38. The minimum Gasteiger partial charge on any atom is -0.392 e. The highest BCUT2D eigenvalue weighted by molar-refractivity contribution is 6.01. The van der Waals surface area contributed by atoms with Crippen LogP contribution in [0.4, 0.5) is 0 Å². The number of hydrogen-bond acceptors (Lipinski definition) is 9. The predicted molar refractivity (Wildman–Crippen MR) is 140 cm³/mol. The summed E-state index contributed by atoms with van der Waals surface area (Å²) in [6, 6.07) is 9.44. The number of fused-ring (bicyclic) bond motifs is 1. The zero-order chi connectivity index (χ0) is 26.0. The number of nitrogens with one attached hydrogen (secondary N) is 2. The van der Waals surface area contributed by atoms with E-state index in [4.69, 9.17) is 16.5 Å². The van der Waals surface area contributed by atoms with E-state index in [0.717, 1.165) is 5.56 Å². The van der Waals surface area contributed by atoms with Crippen molar-refractivity contribution in [1.82, 2.24) is 20.8 Å². The highest BCUT2D eigenvalue weighted by Gasteiger charge is 2.38. The lowest BCUT2D eigenvalue weighted by Crippen LogP contribution is -2.58. The maximum Gasteiger partial charge on any atom is 0.289 e. The molecule has 35 heavy (non-hydrogen) atoms. The second-order valence-electron chi connectivity index (χ2n) is 7.49. The number of nitrogens with two attached hydrogens (primary N) is 2. The number of hydroxylamine groups is 1. The number of carbonyl (C=O) groups excluding carboxylic acids is 1. The van der Waals surface area contributed by atoms with Gasteiger partial charge in [0.05, 0.1) is 11.4 Å². The normalized spacial score (nSPS) is 23.5. The number of hydrogen-bond donors (Lipinski definition) is 4. The topological polar surface area (TPSA) is 134 Å². The fraction of sp³-hybridized carbons (Fsp3) is 0.320. The molecule has 3 rings (SSSR count). The van der Waals surface area contributed by atoms with E-state index >= 15 is 0 Å². The second-order valence-corrected chi connectivity index (χ2v) is 7.49. The molecule has 2 aliphatic rings. The average molecular weight is 481 g/mol. The van der Waals surface area contributed by atoms with E-state index in [2.05, 4.69) is 32.6 Å². The highest BCUT2D eigenvalue weighted by atomic mass is 16.8. The molecule has 188 valence electrons. The monoisotopic (exact) mass is 480 g/mol. The molecule has 0 aliphatic carbocycles. The molecule has 0 saturated carbocycles. The van der Waals surface area contributed by atoms with Gasteiger partial charge < -0.3 is 5.73 Å². The first-order chi connectivity index (χ1) is 16.9. The lowest BCUT2D eigenvalue weighted by atomic mass is 10.0. The molecular formula is C25H36N8O2. The largest absolute Gasteiger partial charge is 0.392 e. The first kappa shape index (κ1) is 27.5. The Morgan fingerprint density at radius 1 is 1.34 bits per heavy atom. The van der Waals surface area contributed by atoms with Crippen molar-refractivity contribution < 1.29 is 9.73 Å². The summed E-state index contributed by atoms with van der Waals surface area (Å²) in [5, 5.41) is 9.49. The number of oxime groups is 1. The van der Waals surface area contributed by atoms with Crippen LogP contribution in [0.3, 0.4) is 0 Å². The Kier molecular flexibility index (Phi) is 10.4. The van der Waals surface area contributed by atoms with E-state index < -0.39 is 12.1 Å². The minimum atomic E-state index is -0.599. The smallest absolute Gasteiger partial charge is 0.289 e. The Balaban J connectivity index is 0.00000210. The minimum absolute atomic E-state index is 0.0539. The third-order valence-electron chi connectivity index (χ3n) is 5.38. The number of hydrazone groups is 1. The Hall–Kier alpha value is -3.73. The maximum absolute atomic E-state index is 13.0. The molecule has 2 heterocycles. The molecule has 1 aromatic rings. The van der Waals surface area contributed by atoms with Crippen molar-refractivity contribution in [2.24, 2.45) is 21.8 Å². The molecule has 1 aromatic carbocycles. The summed E-state index contributed by atoms with van der Waals surface area (Å²) >= 11 is 0. The van der Waals surface area contributed by atoms with Crippen LogP contribution in [0.25, 0.3) is 0 Å². The number of likely N-dealkylation sites (N-methyl/N-ethyl adjacent to an activating group) is 1. The Morgan fingerprint density at radius 2 is 2.03 bits per heavy atom. The number of benzene rings is 1. The zero-order valence-corrected chi connectivity index (χ0v) is 21.0. The van der Waals surface area contributed by atoms with Gasteiger partial charge in [-0.05, 0) is 36.7 Å². The molecule has 6 N–H and O–H groups in total. The first-order valence-electron chi connectivity index (χ1n) is 11.6. The predicted octanol–water partition coefficient (Wildman–Crippen LogP) is 2.47. The van der Waals surface area contributed by atoms with Gasteiger partial charge >= 0.3 is 0 Å². The number of allylic oxidation sites excluding steroid dienone is 3. The first-order valence-corrected chi connectivity index (χ1v) is 11.6. The van der Waals surface area contributed by atoms with E-state index in [9.17, 15) is 4.79 Å². The van der Waals surface area contributed by atoms with Crippen molar-refractivity contribution in [2.45, 2.75) is 46.8 Å². The van der Waals surface area contributed by atoms with Crippen LogP contribution in [-0.4, -0.2) is 46.1 Å². The van der Waals surface area contributed by atoms with Crippen LogP contribution in [0.1, 0.15) is 40.2 Å². The van der Waals surface area contributed by atoms with E-state index in [1.54, 1.807) is 25.2 Å². The van der Waals surface area contributed by atoms with Gasteiger partial charge in [-0.15, -0.1) is 5.48 Å². The SMILES string of the molecule is C=C\C=C/C1=C\C(C)N(CC)C2NON=C2N(N)\C1=C(/N)C(=O)N/N=C(\C)c1ccccc1.CC. The molecule has 10 heteroatoms. The molecule has 1 amide bonds. The summed E-state index contributed by atoms with van der Waals surface area (Å²) in [7, 11) is 0. The van der Waals surface area contributed by atoms with Gasteiger partial charge in [0.1, 0.15) is 5.70 Å². The van der Waals surface area contributed by atoms with E-state index in [1.807, 2.05) is 64.1 Å². The highest BCUT2D eigenvalue weighted by Crippen LogP contribution is 2.26. The standard InChI is InChI=1S/C23H30N8O2.C2H6/c1-5-7-11-18-14-15(3)30(6-2)21-22(29-33-28-21)31(25)20(18)19(24)23(32)27-26-16(4)17-12-9-8-10-13-17;1-2/h5,7-15,21,28H,1,6,24-25H2,2-4H3,(H,27,32);1-2H3/b11-7-,18-14+,20-19-,26-16+;. The molecule has 0 radical (unpaired) electrons. The van der Waals surface area contributed by atoms with Gasteiger partial charge in [0.25, 0.3) is 5.91 Å². The van der Waals surface area contributed by atoms with Gasteiger partial charge in [-0.25, -0.2) is 11.3 Å². The molecule has 2 unspecified atom stereocenters. The Morgan fingerprint density at radius 3 is 2.66 bits per heavy atom. The van der Waals surface area contributed by atoms with Gasteiger partial charge in [-0.1, -0.05) is 82.0 Å². The Labute approximate surface area is 207 Å². The van der Waals surface area contributed by atoms with Crippen LogP contribution in [0.15, 0.2) is 88.4 Å². The number of amides is 1. The van der Waals surface area contributed by atoms with Gasteiger partial charge in [-0.2, -0.15) is 5.10 Å². The molecule has 10 nitrogen and oxygen atoms in total. The molecular weight excluding hydrogens is 444 g/mol. The molecule has 2 aliphatic heterocycles. The number of hydrazine groups is 1. The van der Waals surface area contributed by atoms with Crippen molar-refractivity contribution >= 4 is 17.5 Å². The van der Waals surface area contributed by atoms with Crippen LogP contribution >= 0.6 is 0 Å². The lowest BCUT2D eigenvalue weighted by Gasteiger charge is -2.37. The van der Waals surface area contributed by atoms with E-state index in [0.29, 0.717) is 23.7 Å². The summed E-state index contributed by atoms with van der Waals surface area (Å²) in [5.74, 6) is 6.22. The van der Waals surface area contributed by atoms with Crippen molar-refractivity contribution in [3.8, 4) is 0 Å². The van der Waals surface area contributed by atoms with Crippen molar-refractivity contribution in [3.05, 3.63) is 83.7 Å². The van der Waals surface area contributed by atoms with Gasteiger partial charge in [0, 0.05) is 6.04 Å². The quantitative estimate of drug-likeness (QED) is 0.162. The molecule has 0 saturated heterocycles. The molecule has 0 spiro atoms. The van der Waals surface area contributed by atoms with Gasteiger partial charge in [0.2, 0.25) is 5.84 Å². The summed E-state index contributed by atoms with van der Waals surface area (Å²) in [4.78, 5) is 20.2. The summed E-state index contributed by atoms with van der Waals surface area (Å²) in [6.07, 6.45) is 6.71. The molecule has 2 atom stereocenters. The fourth-order valence-corrected chi connectivity index (χ4v) is 3.65.